The molecule has 1 aromatic carbocycles. The van der Waals surface area contributed by atoms with E-state index in [0.717, 1.165) is 12.0 Å². The van der Waals surface area contributed by atoms with Crippen LogP contribution in [0.3, 0.4) is 0 Å². The van der Waals surface area contributed by atoms with Crippen LogP contribution in [-0.4, -0.2) is 29.6 Å². The fourth-order valence-corrected chi connectivity index (χ4v) is 6.33. The number of hydrogen-bond donors (Lipinski definition) is 1. The Balaban J connectivity index is 1.69. The van der Waals surface area contributed by atoms with E-state index in [1.807, 2.05) is 0 Å². The minimum absolute atomic E-state index is 0.376. The lowest BCUT2D eigenvalue weighted by molar-refractivity contribution is -0.0850. The van der Waals surface area contributed by atoms with Crippen LogP contribution in [0.5, 0.6) is 0 Å². The van der Waals surface area contributed by atoms with Crippen molar-refractivity contribution in [3.63, 3.8) is 0 Å². The van der Waals surface area contributed by atoms with E-state index in [2.05, 4.69) is 41.4 Å². The lowest BCUT2D eigenvalue weighted by atomic mass is 9.52. The molecule has 0 radical (unpaired) electrons. The zero-order valence-corrected chi connectivity index (χ0v) is 13.1. The first-order chi connectivity index (χ1) is 10.3. The number of hydrogen-bond acceptors (Lipinski definition) is 2. The average Bonchev–Trinajstić information content (AvgIpc) is 2.89. The molecule has 1 N–H and O–H groups in total. The van der Waals surface area contributed by atoms with Gasteiger partial charge in [-0.25, -0.2) is 0 Å². The van der Waals surface area contributed by atoms with Crippen LogP contribution in [0, 0.1) is 5.41 Å². The second kappa shape index (κ2) is 4.04. The smallest absolute Gasteiger partial charge is 0.0470 e. The molecular weight excluding hydrogens is 256 g/mol. The van der Waals surface area contributed by atoms with Crippen molar-refractivity contribution < 1.29 is 0 Å². The zero-order valence-electron chi connectivity index (χ0n) is 13.1. The molecule has 0 unspecified atom stereocenters. The summed E-state index contributed by atoms with van der Waals surface area (Å²) < 4.78 is 0. The fraction of sp³-hybridized carbons (Fsp3) is 0.684. The molecule has 3 fully saturated rings. The van der Waals surface area contributed by atoms with Gasteiger partial charge in [0.2, 0.25) is 0 Å². The molecule has 2 nitrogen and oxygen atoms in total. The van der Waals surface area contributed by atoms with Gasteiger partial charge in [0.1, 0.15) is 0 Å². The Bertz CT molecular complexity index is 583. The summed E-state index contributed by atoms with van der Waals surface area (Å²) in [5.74, 6) is 0.733. The van der Waals surface area contributed by atoms with Crippen molar-refractivity contribution in [1.29, 1.82) is 0 Å². The molecule has 0 spiro atoms. The normalized spacial score (nSPS) is 43.9. The molecule has 2 saturated heterocycles. The Morgan fingerprint density at radius 1 is 1.14 bits per heavy atom. The summed E-state index contributed by atoms with van der Waals surface area (Å²) in [6, 6.07) is 9.93. The van der Waals surface area contributed by atoms with Crippen LogP contribution >= 0.6 is 0 Å². The molecule has 21 heavy (non-hydrogen) atoms. The van der Waals surface area contributed by atoms with Gasteiger partial charge in [0.05, 0.1) is 0 Å². The third-order valence-electron chi connectivity index (χ3n) is 7.35. The third-order valence-corrected chi connectivity index (χ3v) is 7.35. The molecule has 112 valence electrons. The lowest BCUT2D eigenvalue weighted by Crippen LogP contribution is -2.67. The first-order valence-corrected chi connectivity index (χ1v) is 8.89. The molecule has 0 aromatic heterocycles. The van der Waals surface area contributed by atoms with Gasteiger partial charge in [-0.2, -0.15) is 0 Å². The van der Waals surface area contributed by atoms with Gasteiger partial charge in [-0.05, 0) is 62.1 Å². The number of para-hydroxylation sites is 1. The molecule has 0 amide bonds. The minimum atomic E-state index is 0.376. The summed E-state index contributed by atoms with van der Waals surface area (Å²) in [5.41, 5.74) is 4.01. The van der Waals surface area contributed by atoms with Crippen LogP contribution in [0.15, 0.2) is 24.3 Å². The highest BCUT2D eigenvalue weighted by Crippen LogP contribution is 2.63. The van der Waals surface area contributed by atoms with E-state index >= 15 is 0 Å². The summed E-state index contributed by atoms with van der Waals surface area (Å²) in [6.45, 7) is 5.09. The Morgan fingerprint density at radius 2 is 2.05 bits per heavy atom. The number of rotatable bonds is 1. The van der Waals surface area contributed by atoms with Gasteiger partial charge in [-0.15, -0.1) is 0 Å². The van der Waals surface area contributed by atoms with Crippen LogP contribution in [0.1, 0.15) is 56.9 Å². The van der Waals surface area contributed by atoms with E-state index in [-0.39, 0.29) is 0 Å². The number of nitrogens with zero attached hydrogens (tertiary/aromatic N) is 1. The first-order valence-electron chi connectivity index (χ1n) is 8.89. The molecule has 3 heterocycles. The summed E-state index contributed by atoms with van der Waals surface area (Å²) in [5, 5.41) is 3.99. The van der Waals surface area contributed by atoms with E-state index in [0.29, 0.717) is 11.0 Å². The van der Waals surface area contributed by atoms with Crippen LogP contribution < -0.4 is 5.32 Å². The van der Waals surface area contributed by atoms with E-state index in [1.54, 1.807) is 5.56 Å². The maximum atomic E-state index is 3.99. The Kier molecular flexibility index (Phi) is 2.41. The highest BCUT2D eigenvalue weighted by atomic mass is 15.2. The van der Waals surface area contributed by atoms with Gasteiger partial charge in [-0.3, -0.25) is 4.90 Å². The van der Waals surface area contributed by atoms with Crippen molar-refractivity contribution in [2.45, 2.75) is 62.9 Å². The van der Waals surface area contributed by atoms with Gasteiger partial charge >= 0.3 is 0 Å². The number of anilines is 1. The zero-order chi connectivity index (χ0) is 14.1. The third kappa shape index (κ3) is 1.42. The molecular formula is C19H26N2. The van der Waals surface area contributed by atoms with Crippen molar-refractivity contribution in [2.24, 2.45) is 5.41 Å². The van der Waals surface area contributed by atoms with Gasteiger partial charge in [-0.1, -0.05) is 25.1 Å². The quantitative estimate of drug-likeness (QED) is 0.838. The monoisotopic (exact) mass is 282 g/mol. The van der Waals surface area contributed by atoms with Crippen LogP contribution in [0.2, 0.25) is 0 Å². The van der Waals surface area contributed by atoms with Crippen molar-refractivity contribution in [3.8, 4) is 0 Å². The number of fused-ring (bicyclic) bond motifs is 1. The number of benzene rings is 1. The van der Waals surface area contributed by atoms with Crippen molar-refractivity contribution in [3.05, 3.63) is 29.8 Å². The van der Waals surface area contributed by atoms with E-state index in [4.69, 9.17) is 0 Å². The van der Waals surface area contributed by atoms with E-state index in [1.165, 1.54) is 57.3 Å². The van der Waals surface area contributed by atoms with Gasteiger partial charge in [0.25, 0.3) is 0 Å². The molecule has 2 bridgehead atoms. The van der Waals surface area contributed by atoms with E-state index in [9.17, 15) is 0 Å². The highest BCUT2D eigenvalue weighted by molar-refractivity contribution is 5.63. The average molecular weight is 282 g/mol. The molecule has 5 rings (SSSR count). The second-order valence-corrected chi connectivity index (χ2v) is 7.90. The van der Waals surface area contributed by atoms with Gasteiger partial charge in [0, 0.05) is 29.7 Å². The number of nitrogens with one attached hydrogen (secondary N) is 1. The Morgan fingerprint density at radius 3 is 2.95 bits per heavy atom. The van der Waals surface area contributed by atoms with Crippen molar-refractivity contribution >= 4 is 5.69 Å². The van der Waals surface area contributed by atoms with Crippen molar-refractivity contribution in [1.82, 2.24) is 4.90 Å². The van der Waals surface area contributed by atoms with Crippen molar-refractivity contribution in [2.75, 3.05) is 18.4 Å². The predicted molar refractivity (Wildman–Crippen MR) is 86.7 cm³/mol. The molecule has 4 aliphatic rings. The van der Waals surface area contributed by atoms with Gasteiger partial charge < -0.3 is 5.32 Å². The van der Waals surface area contributed by atoms with Crippen LogP contribution in [-0.2, 0) is 0 Å². The summed E-state index contributed by atoms with van der Waals surface area (Å²) in [7, 11) is 0. The minimum Gasteiger partial charge on any atom is -0.379 e. The van der Waals surface area contributed by atoms with Crippen LogP contribution in [0.4, 0.5) is 5.69 Å². The molecule has 1 saturated carbocycles. The maximum Gasteiger partial charge on any atom is 0.0470 e. The van der Waals surface area contributed by atoms with Gasteiger partial charge in [0.15, 0.2) is 0 Å². The SMILES string of the molecule is CC[C@@]12CCCN3CC[C@]4(CC1)Nc1ccccc1[C@H]4[C@@H]32. The molecule has 2 heteroatoms. The lowest BCUT2D eigenvalue weighted by Gasteiger charge is -2.63. The van der Waals surface area contributed by atoms with E-state index < -0.39 is 0 Å². The fourth-order valence-electron chi connectivity index (χ4n) is 6.33. The van der Waals surface area contributed by atoms with Crippen LogP contribution in [0.25, 0.3) is 0 Å². The Hall–Kier alpha value is -1.02. The summed E-state index contributed by atoms with van der Waals surface area (Å²) in [4.78, 5) is 2.86. The molecule has 3 aliphatic heterocycles. The predicted octanol–water partition coefficient (Wildman–Crippen LogP) is 3.99. The largest absolute Gasteiger partial charge is 0.379 e. The molecule has 4 atom stereocenters. The number of piperidine rings is 2. The topological polar surface area (TPSA) is 15.3 Å². The Labute approximate surface area is 127 Å². The summed E-state index contributed by atoms with van der Waals surface area (Å²) >= 11 is 0. The first kappa shape index (κ1) is 12.5. The molecule has 1 aromatic rings. The maximum absolute atomic E-state index is 3.99. The standard InChI is InChI=1S/C19H26N2/c1-2-18-8-5-12-21-13-11-19(10-9-18)16(17(18)21)14-6-3-4-7-15(14)20-19/h3-4,6-7,16-17,20H,2,5,8-13H2,1H3/t16-,17+,18+,19-/m0/s1. The second-order valence-electron chi connectivity index (χ2n) is 7.90. The molecule has 1 aliphatic carbocycles. The summed E-state index contributed by atoms with van der Waals surface area (Å²) in [6.07, 6.45) is 8.39. The highest BCUT2D eigenvalue weighted by Gasteiger charge is 2.63.